The maximum Gasteiger partial charge on any atom is 0.370 e. The van der Waals surface area contributed by atoms with Gasteiger partial charge in [-0.25, -0.2) is 9.59 Å². The third-order valence-corrected chi connectivity index (χ3v) is 0.837. The van der Waals surface area contributed by atoms with Gasteiger partial charge < -0.3 is 20.4 Å². The smallest absolute Gasteiger partial charge is 0.370 e. The van der Waals surface area contributed by atoms with Crippen molar-refractivity contribution in [1.29, 1.82) is 0 Å². The van der Waals surface area contributed by atoms with E-state index in [1.807, 2.05) is 0 Å². The van der Waals surface area contributed by atoms with E-state index in [9.17, 15) is 9.59 Å². The number of aliphatic hydroxyl groups excluding tert-OH is 2. The van der Waals surface area contributed by atoms with Gasteiger partial charge in [-0.2, -0.15) is 0 Å². The molecule has 0 aromatic carbocycles. The maximum absolute atomic E-state index is 9.91. The van der Waals surface area contributed by atoms with Crippen molar-refractivity contribution in [3.05, 3.63) is 23.7 Å². The summed E-state index contributed by atoms with van der Waals surface area (Å²) in [7, 11) is 0. The van der Waals surface area contributed by atoms with Crippen LogP contribution in [0, 0.1) is 0 Å². The molecule has 0 aromatic rings. The zero-order chi connectivity index (χ0) is 9.72. The Hall–Kier alpha value is -1.98. The number of hydrogen-bond donors (Lipinski definition) is 4. The molecular formula is C6H6O6. The molecule has 66 valence electrons. The van der Waals surface area contributed by atoms with Crippen LogP contribution in [0.15, 0.2) is 23.7 Å². The van der Waals surface area contributed by atoms with Crippen molar-refractivity contribution in [1.82, 2.24) is 0 Å². The van der Waals surface area contributed by atoms with Crippen LogP contribution in [-0.4, -0.2) is 32.4 Å². The van der Waals surface area contributed by atoms with Crippen molar-refractivity contribution in [3.8, 4) is 0 Å². The first-order chi connectivity index (χ1) is 5.45. The SMILES string of the molecule is O=C(O)/C(O)=C/C=C(\O)C(=O)O. The summed E-state index contributed by atoms with van der Waals surface area (Å²) in [6.45, 7) is 0. The van der Waals surface area contributed by atoms with E-state index in [0.717, 1.165) is 0 Å². The Bertz CT molecular complexity index is 233. The van der Waals surface area contributed by atoms with Crippen LogP contribution in [0.25, 0.3) is 0 Å². The second kappa shape index (κ2) is 4.02. The highest BCUT2D eigenvalue weighted by Gasteiger charge is 2.04. The lowest BCUT2D eigenvalue weighted by Crippen LogP contribution is -2.00. The molecule has 0 saturated carbocycles. The number of rotatable bonds is 3. The van der Waals surface area contributed by atoms with Crippen LogP contribution in [0.4, 0.5) is 0 Å². The summed E-state index contributed by atoms with van der Waals surface area (Å²) in [6, 6.07) is 0. The molecule has 0 spiro atoms. The first-order valence-corrected chi connectivity index (χ1v) is 2.71. The lowest BCUT2D eigenvalue weighted by atomic mass is 10.4. The van der Waals surface area contributed by atoms with Crippen molar-refractivity contribution in [2.24, 2.45) is 0 Å². The third kappa shape index (κ3) is 3.25. The maximum atomic E-state index is 9.91. The molecule has 0 aliphatic rings. The summed E-state index contributed by atoms with van der Waals surface area (Å²) in [5, 5.41) is 33.1. The van der Waals surface area contributed by atoms with E-state index < -0.39 is 23.5 Å². The van der Waals surface area contributed by atoms with Gasteiger partial charge >= 0.3 is 11.9 Å². The Balaban J connectivity index is 4.48. The molecule has 0 saturated heterocycles. The van der Waals surface area contributed by atoms with Gasteiger partial charge in [0, 0.05) is 0 Å². The number of carbonyl (C=O) groups is 2. The molecule has 0 aromatic heterocycles. The average molecular weight is 174 g/mol. The van der Waals surface area contributed by atoms with E-state index in [0.29, 0.717) is 12.2 Å². The summed E-state index contributed by atoms with van der Waals surface area (Å²) >= 11 is 0. The fourth-order valence-corrected chi connectivity index (χ4v) is 0.300. The topological polar surface area (TPSA) is 115 Å². The summed E-state index contributed by atoms with van der Waals surface area (Å²) < 4.78 is 0. The zero-order valence-electron chi connectivity index (χ0n) is 5.76. The van der Waals surface area contributed by atoms with E-state index in [1.54, 1.807) is 0 Å². The number of aliphatic hydroxyl groups is 2. The average Bonchev–Trinajstić information content (AvgIpc) is 1.98. The molecule has 0 aliphatic heterocycles. The van der Waals surface area contributed by atoms with E-state index >= 15 is 0 Å². The number of hydrogen-bond acceptors (Lipinski definition) is 4. The van der Waals surface area contributed by atoms with Crippen molar-refractivity contribution >= 4 is 11.9 Å². The molecule has 0 atom stereocenters. The molecule has 0 heterocycles. The molecule has 6 heteroatoms. The van der Waals surface area contributed by atoms with Crippen LogP contribution in [0.5, 0.6) is 0 Å². The van der Waals surface area contributed by atoms with Gasteiger partial charge in [-0.3, -0.25) is 0 Å². The molecule has 4 N–H and O–H groups in total. The fraction of sp³-hybridized carbons (Fsp3) is 0. The van der Waals surface area contributed by atoms with Gasteiger partial charge in [0.05, 0.1) is 0 Å². The molecule has 0 unspecified atom stereocenters. The molecule has 0 fully saturated rings. The summed E-state index contributed by atoms with van der Waals surface area (Å²) in [6.07, 6.45) is 1.12. The quantitative estimate of drug-likeness (QED) is 0.273. The number of aliphatic carboxylic acids is 2. The van der Waals surface area contributed by atoms with Crippen LogP contribution in [0.3, 0.4) is 0 Å². The molecule has 12 heavy (non-hydrogen) atoms. The standard InChI is InChI=1S/C6H6O6/c7-3(5(9)10)1-2-4(8)6(11)12/h1-2,7-8H,(H,9,10)(H,11,12)/b3-1-,4-2-. The van der Waals surface area contributed by atoms with Crippen LogP contribution < -0.4 is 0 Å². The van der Waals surface area contributed by atoms with E-state index in [-0.39, 0.29) is 0 Å². The van der Waals surface area contributed by atoms with Crippen molar-refractivity contribution in [3.63, 3.8) is 0 Å². The van der Waals surface area contributed by atoms with Crippen molar-refractivity contribution < 1.29 is 30.0 Å². The molecule has 0 amide bonds. The zero-order valence-corrected chi connectivity index (χ0v) is 5.76. The largest absolute Gasteiger partial charge is 0.502 e. The van der Waals surface area contributed by atoms with Gasteiger partial charge in [-0.15, -0.1) is 0 Å². The first-order valence-electron chi connectivity index (χ1n) is 2.71. The van der Waals surface area contributed by atoms with E-state index in [1.165, 1.54) is 0 Å². The second-order valence-electron chi connectivity index (χ2n) is 1.71. The Morgan fingerprint density at radius 3 is 1.17 bits per heavy atom. The summed E-state index contributed by atoms with van der Waals surface area (Å²) in [4.78, 5) is 19.8. The van der Waals surface area contributed by atoms with Crippen molar-refractivity contribution in [2.75, 3.05) is 0 Å². The first kappa shape index (κ1) is 10.0. The highest BCUT2D eigenvalue weighted by Crippen LogP contribution is 1.93. The minimum Gasteiger partial charge on any atom is -0.502 e. The van der Waals surface area contributed by atoms with Gasteiger partial charge in [0.15, 0.2) is 0 Å². The van der Waals surface area contributed by atoms with Crippen LogP contribution in [0.1, 0.15) is 0 Å². The molecule has 0 radical (unpaired) electrons. The number of carboxylic acids is 2. The lowest BCUT2D eigenvalue weighted by molar-refractivity contribution is -0.136. The molecule has 0 bridgehead atoms. The predicted octanol–water partition coefficient (Wildman–Crippen LogP) is 0.0394. The number of carboxylic acid groups (broad SMARTS) is 2. The lowest BCUT2D eigenvalue weighted by Gasteiger charge is -1.89. The van der Waals surface area contributed by atoms with Gasteiger partial charge in [-0.1, -0.05) is 0 Å². The van der Waals surface area contributed by atoms with Gasteiger partial charge in [0.25, 0.3) is 0 Å². The minimum absolute atomic E-state index is 0.561. The van der Waals surface area contributed by atoms with Gasteiger partial charge in [0.2, 0.25) is 11.5 Å². The van der Waals surface area contributed by atoms with Crippen LogP contribution in [-0.2, 0) is 9.59 Å². The van der Waals surface area contributed by atoms with Gasteiger partial charge in [-0.05, 0) is 12.2 Å². The Labute approximate surface area is 66.7 Å². The number of allylic oxidation sites excluding steroid dienone is 2. The molecule has 0 rings (SSSR count). The summed E-state index contributed by atoms with van der Waals surface area (Å²) in [5.74, 6) is -5.32. The van der Waals surface area contributed by atoms with Crippen LogP contribution >= 0.6 is 0 Å². The molecule has 0 aliphatic carbocycles. The van der Waals surface area contributed by atoms with E-state index in [4.69, 9.17) is 20.4 Å². The molecular weight excluding hydrogens is 168 g/mol. The second-order valence-corrected chi connectivity index (χ2v) is 1.71. The summed E-state index contributed by atoms with van der Waals surface area (Å²) in [5.41, 5.74) is 0. The normalized spacial score (nSPS) is 12.7. The molecule has 6 nitrogen and oxygen atoms in total. The Morgan fingerprint density at radius 2 is 1.00 bits per heavy atom. The van der Waals surface area contributed by atoms with E-state index in [2.05, 4.69) is 0 Å². The van der Waals surface area contributed by atoms with Crippen molar-refractivity contribution in [2.45, 2.75) is 0 Å². The highest BCUT2D eigenvalue weighted by atomic mass is 16.4. The minimum atomic E-state index is -1.61. The van der Waals surface area contributed by atoms with Gasteiger partial charge in [0.1, 0.15) is 0 Å². The monoisotopic (exact) mass is 174 g/mol. The third-order valence-electron chi connectivity index (χ3n) is 0.837. The Kier molecular flexibility index (Phi) is 3.35. The fourth-order valence-electron chi connectivity index (χ4n) is 0.300. The van der Waals surface area contributed by atoms with Crippen LogP contribution in [0.2, 0.25) is 0 Å². The predicted molar refractivity (Wildman–Crippen MR) is 36.7 cm³/mol. The highest BCUT2D eigenvalue weighted by molar-refractivity contribution is 5.86. The Morgan fingerprint density at radius 1 is 0.750 bits per heavy atom.